The average molecular weight is 501 g/mol. The van der Waals surface area contributed by atoms with E-state index in [-0.39, 0.29) is 30.1 Å². The fourth-order valence-corrected chi connectivity index (χ4v) is 5.60. The molecule has 0 aliphatic heterocycles. The van der Waals surface area contributed by atoms with Gasteiger partial charge in [0, 0.05) is 39.0 Å². The Morgan fingerprint density at radius 2 is 1.85 bits per heavy atom. The number of carbonyl (C=O) groups excluding carboxylic acids is 2. The zero-order chi connectivity index (χ0) is 25.4. The van der Waals surface area contributed by atoms with E-state index in [1.54, 1.807) is 6.20 Å². The minimum Gasteiger partial charge on any atom is -0.379 e. The second-order valence-electron chi connectivity index (χ2n) is 10.3. The van der Waals surface area contributed by atoms with Gasteiger partial charge in [-0.1, -0.05) is 52.9 Å². The van der Waals surface area contributed by atoms with Crippen LogP contribution in [0.4, 0.5) is 0 Å². The molecule has 1 fully saturated rings. The van der Waals surface area contributed by atoms with Crippen molar-refractivity contribution >= 4 is 19.4 Å². The summed E-state index contributed by atoms with van der Waals surface area (Å²) in [5.74, 6) is -1.99. The fourth-order valence-electron chi connectivity index (χ4n) is 4.38. The lowest BCUT2D eigenvalue weighted by Gasteiger charge is -2.33. The quantitative estimate of drug-likeness (QED) is 0.323. The maximum absolute atomic E-state index is 13.4. The topological polar surface area (TPSA) is 143 Å². The molecule has 34 heavy (non-hydrogen) atoms. The monoisotopic (exact) mass is 500 g/mol. The molecular formula is C23H41N4O6P. The van der Waals surface area contributed by atoms with Gasteiger partial charge in [-0.25, -0.2) is 4.98 Å². The minimum atomic E-state index is -3.86. The van der Waals surface area contributed by atoms with Gasteiger partial charge in [0.2, 0.25) is 11.8 Å². The first kappa shape index (κ1) is 28.5. The van der Waals surface area contributed by atoms with Crippen LogP contribution in [-0.2, 0) is 29.6 Å². The second kappa shape index (κ2) is 12.8. The lowest BCUT2D eigenvalue weighted by atomic mass is 9.85. The van der Waals surface area contributed by atoms with E-state index in [0.717, 1.165) is 32.1 Å². The van der Waals surface area contributed by atoms with Gasteiger partial charge in [0.25, 0.3) is 0 Å². The Bertz CT molecular complexity index is 812. The molecule has 0 spiro atoms. The van der Waals surface area contributed by atoms with Crippen LogP contribution in [0.3, 0.4) is 0 Å². The molecule has 0 saturated heterocycles. The van der Waals surface area contributed by atoms with Crippen molar-refractivity contribution in [3.63, 3.8) is 0 Å². The van der Waals surface area contributed by atoms with Crippen LogP contribution >= 0.6 is 7.60 Å². The predicted molar refractivity (Wildman–Crippen MR) is 129 cm³/mol. The van der Waals surface area contributed by atoms with Gasteiger partial charge < -0.3 is 29.8 Å². The molecule has 3 atom stereocenters. The molecule has 1 aromatic heterocycles. The van der Waals surface area contributed by atoms with Gasteiger partial charge >= 0.3 is 7.60 Å². The molecule has 11 heteroatoms. The molecule has 2 rings (SSSR count). The molecule has 1 aliphatic rings. The highest BCUT2D eigenvalue weighted by molar-refractivity contribution is 7.54. The van der Waals surface area contributed by atoms with Crippen molar-refractivity contribution in [2.45, 2.75) is 90.1 Å². The number of amides is 2. The van der Waals surface area contributed by atoms with Crippen molar-refractivity contribution in [1.82, 2.24) is 20.6 Å². The Morgan fingerprint density at radius 1 is 1.21 bits per heavy atom. The van der Waals surface area contributed by atoms with Gasteiger partial charge in [-0.15, -0.1) is 0 Å². The van der Waals surface area contributed by atoms with Crippen LogP contribution in [0.15, 0.2) is 12.5 Å². The number of H-pyrrole nitrogens is 1. The minimum absolute atomic E-state index is 0.195. The molecule has 0 aromatic carbocycles. The number of nitrogens with zero attached hydrogens (tertiary/aromatic N) is 1. The first-order chi connectivity index (χ1) is 16.0. The summed E-state index contributed by atoms with van der Waals surface area (Å²) in [7, 11) is -1.44. The van der Waals surface area contributed by atoms with Crippen LogP contribution in [0, 0.1) is 11.3 Å². The Labute approximate surface area is 202 Å². The van der Waals surface area contributed by atoms with Gasteiger partial charge in [-0.3, -0.25) is 14.2 Å². The zero-order valence-electron chi connectivity index (χ0n) is 21.0. The summed E-state index contributed by atoms with van der Waals surface area (Å²) in [4.78, 5) is 33.0. The predicted octanol–water partition coefficient (Wildman–Crippen LogP) is 3.13. The largest absolute Gasteiger partial charge is 0.379 e. The number of carbonyl (C=O) groups is 2. The highest BCUT2D eigenvalue weighted by atomic mass is 31.2. The van der Waals surface area contributed by atoms with E-state index in [1.165, 1.54) is 20.5 Å². The standard InChI is InChI=1S/C23H41N4O6P/c1-23(2,3)13-20(28)26-18(12-17-14-24-15-25-17)21(29)27-19(11-16-9-7-6-8-10-16)22(30)34(31,32-4)33-5/h14-16,18-19,22,30H,6-13H2,1-5H3,(H,24,25)(H,26,28)(H,27,29)/t18-,19-,22?/m0/s1. The first-order valence-electron chi connectivity index (χ1n) is 11.9. The van der Waals surface area contributed by atoms with Crippen molar-refractivity contribution in [2.75, 3.05) is 14.2 Å². The maximum Gasteiger partial charge on any atom is 0.360 e. The number of aromatic amines is 1. The van der Waals surface area contributed by atoms with Crippen molar-refractivity contribution in [2.24, 2.45) is 11.3 Å². The molecule has 1 saturated carbocycles. The highest BCUT2D eigenvalue weighted by Gasteiger charge is 2.41. The molecule has 0 radical (unpaired) electrons. The molecule has 2 amide bonds. The Hall–Kier alpha value is -1.74. The highest BCUT2D eigenvalue weighted by Crippen LogP contribution is 2.52. The third-order valence-corrected chi connectivity index (χ3v) is 8.18. The van der Waals surface area contributed by atoms with Crippen LogP contribution in [-0.4, -0.2) is 59.0 Å². The third kappa shape index (κ3) is 8.80. The second-order valence-corrected chi connectivity index (χ2v) is 12.7. The van der Waals surface area contributed by atoms with Crippen LogP contribution in [0.25, 0.3) is 0 Å². The van der Waals surface area contributed by atoms with E-state index >= 15 is 0 Å². The summed E-state index contributed by atoms with van der Waals surface area (Å²) in [6, 6.07) is -1.76. The molecule has 194 valence electrons. The normalized spacial score (nSPS) is 18.2. The number of hydrogen-bond donors (Lipinski definition) is 4. The molecule has 1 aromatic rings. The van der Waals surface area contributed by atoms with Gasteiger partial charge in [0.1, 0.15) is 6.04 Å². The van der Waals surface area contributed by atoms with Crippen LogP contribution in [0.1, 0.15) is 71.4 Å². The van der Waals surface area contributed by atoms with E-state index in [2.05, 4.69) is 20.6 Å². The SMILES string of the molecule is COP(=O)(OC)C(O)[C@H](CC1CCCCC1)NC(=O)[C@H](Cc1cnc[nH]1)NC(=O)CC(C)(C)C. The average Bonchev–Trinajstić information content (AvgIpc) is 3.29. The molecule has 4 N–H and O–H groups in total. The van der Waals surface area contributed by atoms with E-state index in [1.807, 2.05) is 20.8 Å². The van der Waals surface area contributed by atoms with Crippen molar-refractivity contribution in [1.29, 1.82) is 0 Å². The van der Waals surface area contributed by atoms with E-state index in [0.29, 0.717) is 12.1 Å². The number of aromatic nitrogens is 2. The van der Waals surface area contributed by atoms with Crippen molar-refractivity contribution in [3.8, 4) is 0 Å². The third-order valence-electron chi connectivity index (χ3n) is 6.15. The number of aliphatic hydroxyl groups is 1. The number of hydrogen-bond acceptors (Lipinski definition) is 7. The molecular weight excluding hydrogens is 459 g/mol. The smallest absolute Gasteiger partial charge is 0.360 e. The summed E-state index contributed by atoms with van der Waals surface area (Å²) < 4.78 is 23.0. The van der Waals surface area contributed by atoms with Gasteiger partial charge in [-0.2, -0.15) is 0 Å². The van der Waals surface area contributed by atoms with Crippen LogP contribution < -0.4 is 10.6 Å². The Morgan fingerprint density at radius 3 is 2.38 bits per heavy atom. The van der Waals surface area contributed by atoms with Crippen molar-refractivity contribution in [3.05, 3.63) is 18.2 Å². The van der Waals surface area contributed by atoms with E-state index in [9.17, 15) is 19.3 Å². The summed E-state index contributed by atoms with van der Waals surface area (Å²) in [5, 5.41) is 16.6. The van der Waals surface area contributed by atoms with E-state index in [4.69, 9.17) is 9.05 Å². The molecule has 1 aliphatic carbocycles. The first-order valence-corrected chi connectivity index (χ1v) is 13.5. The lowest BCUT2D eigenvalue weighted by molar-refractivity contribution is -0.130. The molecule has 1 unspecified atom stereocenters. The number of nitrogens with one attached hydrogen (secondary N) is 3. The molecule has 0 bridgehead atoms. The van der Waals surface area contributed by atoms with Crippen LogP contribution in [0.5, 0.6) is 0 Å². The molecule has 1 heterocycles. The summed E-state index contributed by atoms with van der Waals surface area (Å²) >= 11 is 0. The van der Waals surface area contributed by atoms with E-state index < -0.39 is 31.4 Å². The number of imidazole rings is 1. The zero-order valence-corrected chi connectivity index (χ0v) is 21.9. The van der Waals surface area contributed by atoms with Gasteiger partial charge in [0.05, 0.1) is 12.4 Å². The van der Waals surface area contributed by atoms with Crippen molar-refractivity contribution < 1.29 is 28.3 Å². The summed E-state index contributed by atoms with van der Waals surface area (Å²) in [6.45, 7) is 5.83. The number of aliphatic hydroxyl groups excluding tert-OH is 1. The maximum atomic E-state index is 13.4. The Balaban J connectivity index is 2.22. The van der Waals surface area contributed by atoms with Gasteiger partial charge in [0.15, 0.2) is 5.85 Å². The lowest BCUT2D eigenvalue weighted by Crippen LogP contribution is -2.54. The summed E-state index contributed by atoms with van der Waals surface area (Å²) in [5.41, 5.74) is 0.433. The fraction of sp³-hybridized carbons (Fsp3) is 0.783. The van der Waals surface area contributed by atoms with Crippen LogP contribution in [0.2, 0.25) is 0 Å². The number of rotatable bonds is 12. The molecule has 10 nitrogen and oxygen atoms in total. The Kier molecular flexibility index (Phi) is 10.7. The van der Waals surface area contributed by atoms with Gasteiger partial charge in [-0.05, 0) is 17.8 Å². The summed E-state index contributed by atoms with van der Waals surface area (Å²) in [6.07, 6.45) is 9.26.